The summed E-state index contributed by atoms with van der Waals surface area (Å²) in [6.45, 7) is -0.457. The minimum atomic E-state index is -6.01. The van der Waals surface area contributed by atoms with Crippen molar-refractivity contribution in [3.8, 4) is 0 Å². The van der Waals surface area contributed by atoms with Crippen molar-refractivity contribution < 1.29 is 79.0 Å². The van der Waals surface area contributed by atoms with Gasteiger partial charge in [0.2, 0.25) is 5.67 Å². The molecule has 0 aromatic heterocycles. The van der Waals surface area contributed by atoms with Gasteiger partial charge in [0.25, 0.3) is 11.8 Å². The highest BCUT2D eigenvalue weighted by Gasteiger charge is 2.60. The third-order valence-corrected chi connectivity index (χ3v) is 5.78. The van der Waals surface area contributed by atoms with Gasteiger partial charge in [-0.05, 0) is 32.6 Å². The summed E-state index contributed by atoms with van der Waals surface area (Å²) in [5.41, 5.74) is -7.01. The zero-order valence-corrected chi connectivity index (χ0v) is 19.9. The summed E-state index contributed by atoms with van der Waals surface area (Å²) in [7, 11) is 0. The Bertz CT molecular complexity index is 715. The lowest BCUT2D eigenvalue weighted by Crippen LogP contribution is -2.45. The Morgan fingerprint density at radius 3 is 1.26 bits per heavy atom. The van der Waals surface area contributed by atoms with Crippen LogP contribution >= 0.6 is 12.6 Å². The lowest BCUT2D eigenvalue weighted by atomic mass is 9.81. The van der Waals surface area contributed by atoms with Gasteiger partial charge in [-0.1, -0.05) is 0 Å². The van der Waals surface area contributed by atoms with E-state index in [9.17, 15) is 79.0 Å². The third kappa shape index (κ3) is 13.0. The average molecular weight is 624 g/mol. The van der Waals surface area contributed by atoms with Crippen molar-refractivity contribution in [2.75, 3.05) is 0 Å². The zero-order chi connectivity index (χ0) is 30.8. The minimum Gasteiger partial charge on any atom is -0.236 e. The molecule has 5 atom stereocenters. The van der Waals surface area contributed by atoms with Gasteiger partial charge in [0.05, 0.1) is 30.6 Å². The fourth-order valence-corrected chi connectivity index (χ4v) is 3.75. The standard InChI is InChI=1S/C19H22F18S/c1-13(21,19(35,36)37)7-15(24,25)8-14(22,23)6-11(18(32,33)34)5-10(17(29,30)31)4-9(16(26,27)28)2-3-12(20)38/h9-12,38H,2-8H2,1H3. The molecule has 0 radical (unpaired) electrons. The van der Waals surface area contributed by atoms with Gasteiger partial charge in [0.15, 0.2) is 0 Å². The highest BCUT2D eigenvalue weighted by Crippen LogP contribution is 2.50. The first-order valence-corrected chi connectivity index (χ1v) is 10.9. The van der Waals surface area contributed by atoms with Crippen molar-refractivity contribution in [3.63, 3.8) is 0 Å². The minimum absolute atomic E-state index is 0.457. The normalized spacial score (nSPS) is 19.6. The van der Waals surface area contributed by atoms with Crippen molar-refractivity contribution in [1.29, 1.82) is 0 Å². The van der Waals surface area contributed by atoms with Crippen LogP contribution in [-0.4, -0.2) is 47.7 Å². The molecule has 0 heterocycles. The predicted molar refractivity (Wildman–Crippen MR) is 100 cm³/mol. The van der Waals surface area contributed by atoms with Gasteiger partial charge in [-0.3, -0.25) is 0 Å². The van der Waals surface area contributed by atoms with Crippen molar-refractivity contribution in [2.45, 2.75) is 99.6 Å². The van der Waals surface area contributed by atoms with Crippen LogP contribution in [0.5, 0.6) is 0 Å². The molecule has 0 spiro atoms. The van der Waals surface area contributed by atoms with Crippen LogP contribution in [0, 0.1) is 17.8 Å². The Morgan fingerprint density at radius 2 is 0.921 bits per heavy atom. The topological polar surface area (TPSA) is 0 Å². The van der Waals surface area contributed by atoms with Crippen LogP contribution in [0.2, 0.25) is 0 Å². The Morgan fingerprint density at radius 1 is 0.526 bits per heavy atom. The van der Waals surface area contributed by atoms with Gasteiger partial charge in [-0.25, -0.2) is 26.3 Å². The molecule has 0 aliphatic carbocycles. The first-order chi connectivity index (χ1) is 16.4. The number of rotatable bonds is 13. The molecule has 0 rings (SSSR count). The summed E-state index contributed by atoms with van der Waals surface area (Å²) in [6, 6.07) is 0. The Kier molecular flexibility index (Phi) is 12.0. The monoisotopic (exact) mass is 624 g/mol. The van der Waals surface area contributed by atoms with E-state index in [-0.39, 0.29) is 0 Å². The van der Waals surface area contributed by atoms with E-state index in [4.69, 9.17) is 0 Å². The molecule has 19 heteroatoms. The molecule has 0 aliphatic heterocycles. The van der Waals surface area contributed by atoms with Gasteiger partial charge in [-0.2, -0.15) is 52.7 Å². The van der Waals surface area contributed by atoms with E-state index in [0.717, 1.165) is 0 Å². The third-order valence-electron chi connectivity index (χ3n) is 5.52. The second-order valence-corrected chi connectivity index (χ2v) is 9.72. The molecule has 0 nitrogen and oxygen atoms in total. The summed E-state index contributed by atoms with van der Waals surface area (Å²) < 4.78 is 239. The SMILES string of the molecule is CC(F)(CC(F)(F)CC(F)(F)CC(CC(CC(CCC(F)S)C(F)(F)F)C(F)(F)F)C(F)(F)F)C(F)(F)F. The smallest absolute Gasteiger partial charge is 0.236 e. The summed E-state index contributed by atoms with van der Waals surface area (Å²) >= 11 is 3.10. The average Bonchev–Trinajstić information content (AvgIpc) is 2.56. The first-order valence-electron chi connectivity index (χ1n) is 10.4. The Labute approximate surface area is 209 Å². The zero-order valence-electron chi connectivity index (χ0n) is 19.0. The fourth-order valence-electron chi connectivity index (χ4n) is 3.60. The van der Waals surface area contributed by atoms with Crippen LogP contribution in [0.25, 0.3) is 0 Å². The van der Waals surface area contributed by atoms with Crippen molar-refractivity contribution in [2.24, 2.45) is 17.8 Å². The van der Waals surface area contributed by atoms with Gasteiger partial charge in [0, 0.05) is 6.42 Å². The number of hydrogen-bond donors (Lipinski definition) is 1. The maximum Gasteiger partial charge on any atom is 0.422 e. The molecule has 0 saturated carbocycles. The molecule has 5 unspecified atom stereocenters. The lowest BCUT2D eigenvalue weighted by Gasteiger charge is -2.34. The van der Waals surface area contributed by atoms with E-state index >= 15 is 0 Å². The second kappa shape index (κ2) is 12.3. The van der Waals surface area contributed by atoms with Crippen LogP contribution in [0.1, 0.15) is 51.9 Å². The van der Waals surface area contributed by atoms with Crippen molar-refractivity contribution >= 4 is 12.6 Å². The van der Waals surface area contributed by atoms with E-state index in [1.165, 1.54) is 0 Å². The van der Waals surface area contributed by atoms with E-state index in [2.05, 4.69) is 12.6 Å². The van der Waals surface area contributed by atoms with E-state index in [0.29, 0.717) is 0 Å². The molecular weight excluding hydrogens is 602 g/mol. The lowest BCUT2D eigenvalue weighted by molar-refractivity contribution is -0.254. The largest absolute Gasteiger partial charge is 0.422 e. The van der Waals surface area contributed by atoms with E-state index < -0.39 is 117 Å². The molecule has 0 aromatic rings. The van der Waals surface area contributed by atoms with Crippen molar-refractivity contribution in [3.05, 3.63) is 0 Å². The molecule has 0 fully saturated rings. The predicted octanol–water partition coefficient (Wildman–Crippen LogP) is 10.0. The van der Waals surface area contributed by atoms with Crippen LogP contribution in [0.3, 0.4) is 0 Å². The molecule has 0 bridgehead atoms. The number of alkyl halides is 18. The van der Waals surface area contributed by atoms with Gasteiger partial charge in [0.1, 0.15) is 5.50 Å². The quantitative estimate of drug-likeness (QED) is 0.153. The maximum atomic E-state index is 14.1. The number of thiol groups is 1. The summed E-state index contributed by atoms with van der Waals surface area (Å²) in [5.74, 6) is -21.1. The maximum absolute atomic E-state index is 14.1. The Balaban J connectivity index is 5.97. The molecule has 230 valence electrons. The summed E-state index contributed by atoms with van der Waals surface area (Å²) in [4.78, 5) is 0. The highest BCUT2D eigenvalue weighted by molar-refractivity contribution is 7.80. The summed E-state index contributed by atoms with van der Waals surface area (Å²) in [5, 5.41) is 0. The van der Waals surface area contributed by atoms with Crippen LogP contribution < -0.4 is 0 Å². The van der Waals surface area contributed by atoms with Crippen LogP contribution in [0.15, 0.2) is 0 Å². The number of halogens is 18. The summed E-state index contributed by atoms with van der Waals surface area (Å²) in [6.07, 6.45) is -39.3. The first kappa shape index (κ1) is 37.1. The molecule has 0 aliphatic rings. The van der Waals surface area contributed by atoms with Gasteiger partial charge in [-0.15, -0.1) is 12.6 Å². The van der Waals surface area contributed by atoms with E-state index in [1.807, 2.05) is 0 Å². The van der Waals surface area contributed by atoms with Crippen molar-refractivity contribution in [1.82, 2.24) is 0 Å². The molecule has 0 aromatic carbocycles. The van der Waals surface area contributed by atoms with Crippen LogP contribution in [-0.2, 0) is 0 Å². The molecule has 0 amide bonds. The molecular formula is C19H22F18S. The van der Waals surface area contributed by atoms with Gasteiger partial charge < -0.3 is 0 Å². The molecule has 38 heavy (non-hydrogen) atoms. The van der Waals surface area contributed by atoms with E-state index in [1.54, 1.807) is 0 Å². The second-order valence-electron chi connectivity index (χ2n) is 9.16. The molecule has 0 saturated heterocycles. The molecule has 0 N–H and O–H groups in total. The fraction of sp³-hybridized carbons (Fsp3) is 1.00. The number of hydrogen-bond acceptors (Lipinski definition) is 1. The van der Waals surface area contributed by atoms with Crippen LogP contribution in [0.4, 0.5) is 79.0 Å². The Hall–Kier alpha value is -0.910. The highest BCUT2D eigenvalue weighted by atomic mass is 32.1. The van der Waals surface area contributed by atoms with Gasteiger partial charge >= 0.3 is 24.7 Å².